The van der Waals surface area contributed by atoms with E-state index in [1.54, 1.807) is 4.90 Å². The number of likely N-dealkylation sites (tertiary alicyclic amines) is 1. The second-order valence-corrected chi connectivity index (χ2v) is 8.38. The minimum atomic E-state index is -2.95. The highest BCUT2D eigenvalue weighted by molar-refractivity contribution is 7.90. The maximum absolute atomic E-state index is 11.5. The topological polar surface area (TPSA) is 66.9 Å². The van der Waals surface area contributed by atoms with Gasteiger partial charge in [-0.2, -0.15) is 0 Å². The van der Waals surface area contributed by atoms with Gasteiger partial charge in [0.05, 0.1) is 11.4 Å². The number of carbonyl (C=O) groups is 1. The summed E-state index contributed by atoms with van der Waals surface area (Å²) in [4.78, 5) is 15.4. The van der Waals surface area contributed by atoms with Crippen molar-refractivity contribution >= 4 is 15.7 Å². The molecule has 2 aliphatic heterocycles. The normalized spacial score (nSPS) is 25.9. The monoisotopic (exact) mass is 304 g/mol. The smallest absolute Gasteiger partial charge is 0.248 e. The maximum atomic E-state index is 11.5. The maximum Gasteiger partial charge on any atom is 0.248 e. The number of ether oxygens (including phenoxy) is 1. The average Bonchev–Trinajstić information content (AvgIpc) is 2.33. The first kappa shape index (κ1) is 15.7. The minimum Gasteiger partial charge on any atom is -0.363 e. The number of nitrogens with zero attached hydrogens (tertiary/aromatic N) is 2. The summed E-state index contributed by atoms with van der Waals surface area (Å²) in [6.45, 7) is 4.39. The molecule has 0 bridgehead atoms. The van der Waals surface area contributed by atoms with Gasteiger partial charge in [0.2, 0.25) is 5.91 Å². The molecule has 116 valence electrons. The van der Waals surface area contributed by atoms with Gasteiger partial charge in [-0.1, -0.05) is 0 Å². The SMILES string of the molecule is C[C@H](CS(C)(=O)=O)N1CCC2(CC1)CN(C)C(=O)CO2. The predicted molar refractivity (Wildman–Crippen MR) is 76.3 cm³/mol. The Bertz CT molecular complexity index is 469. The van der Waals surface area contributed by atoms with Crippen molar-refractivity contribution in [3.8, 4) is 0 Å². The fourth-order valence-electron chi connectivity index (χ4n) is 3.11. The van der Waals surface area contributed by atoms with Crippen molar-refractivity contribution in [2.75, 3.05) is 45.3 Å². The molecule has 2 heterocycles. The van der Waals surface area contributed by atoms with Crippen LogP contribution in [0.4, 0.5) is 0 Å². The predicted octanol–water partition coefficient (Wildman–Crippen LogP) is -0.257. The van der Waals surface area contributed by atoms with Gasteiger partial charge in [0.25, 0.3) is 0 Å². The third kappa shape index (κ3) is 3.71. The highest BCUT2D eigenvalue weighted by Gasteiger charge is 2.41. The molecule has 0 saturated carbocycles. The molecule has 2 fully saturated rings. The number of carbonyl (C=O) groups excluding carboxylic acids is 1. The van der Waals surface area contributed by atoms with Crippen LogP contribution in [0.25, 0.3) is 0 Å². The molecule has 0 unspecified atom stereocenters. The zero-order valence-corrected chi connectivity index (χ0v) is 13.3. The van der Waals surface area contributed by atoms with E-state index >= 15 is 0 Å². The lowest BCUT2D eigenvalue weighted by atomic mass is 9.89. The quantitative estimate of drug-likeness (QED) is 0.719. The second-order valence-electron chi connectivity index (χ2n) is 6.20. The Morgan fingerprint density at radius 2 is 1.95 bits per heavy atom. The van der Waals surface area contributed by atoms with Crippen molar-refractivity contribution in [3.63, 3.8) is 0 Å². The standard InChI is InChI=1S/C13H24N2O4S/c1-11(9-20(3,17)18)15-6-4-13(5-7-15)10-14(2)12(16)8-19-13/h11H,4-10H2,1-3H3/t11-/m1/s1. The highest BCUT2D eigenvalue weighted by Crippen LogP contribution is 2.30. The Kier molecular flexibility index (Phi) is 4.41. The van der Waals surface area contributed by atoms with E-state index in [-0.39, 0.29) is 29.9 Å². The Balaban J connectivity index is 1.90. The molecule has 20 heavy (non-hydrogen) atoms. The molecule has 1 amide bonds. The van der Waals surface area contributed by atoms with E-state index in [0.29, 0.717) is 6.54 Å². The molecule has 2 saturated heterocycles. The molecule has 0 aliphatic carbocycles. The number of hydrogen-bond donors (Lipinski definition) is 0. The van der Waals surface area contributed by atoms with Crippen molar-refractivity contribution in [2.24, 2.45) is 0 Å². The fourth-order valence-corrected chi connectivity index (χ4v) is 4.20. The van der Waals surface area contributed by atoms with Crippen LogP contribution in [0, 0.1) is 0 Å². The third-order valence-corrected chi connectivity index (χ3v) is 5.42. The number of piperidine rings is 1. The number of amides is 1. The third-order valence-electron chi connectivity index (χ3n) is 4.33. The number of likely N-dealkylation sites (N-methyl/N-ethyl adjacent to an activating group) is 1. The molecule has 1 spiro atoms. The van der Waals surface area contributed by atoms with E-state index in [0.717, 1.165) is 25.9 Å². The summed E-state index contributed by atoms with van der Waals surface area (Å²) in [5, 5.41) is 0. The Morgan fingerprint density at radius 1 is 1.35 bits per heavy atom. The Hall–Kier alpha value is -0.660. The van der Waals surface area contributed by atoms with E-state index in [2.05, 4.69) is 4.90 Å². The van der Waals surface area contributed by atoms with Crippen LogP contribution in [-0.2, 0) is 19.4 Å². The Morgan fingerprint density at radius 3 is 2.45 bits per heavy atom. The largest absolute Gasteiger partial charge is 0.363 e. The van der Waals surface area contributed by atoms with Gasteiger partial charge in [-0.25, -0.2) is 8.42 Å². The Labute approximate surface area is 121 Å². The van der Waals surface area contributed by atoms with Gasteiger partial charge in [0, 0.05) is 39.0 Å². The van der Waals surface area contributed by atoms with E-state index in [9.17, 15) is 13.2 Å². The van der Waals surface area contributed by atoms with Gasteiger partial charge in [-0.3, -0.25) is 9.69 Å². The number of rotatable bonds is 3. The molecule has 0 aromatic rings. The zero-order valence-electron chi connectivity index (χ0n) is 12.5. The van der Waals surface area contributed by atoms with Crippen molar-refractivity contribution in [1.29, 1.82) is 0 Å². The van der Waals surface area contributed by atoms with Crippen molar-refractivity contribution in [2.45, 2.75) is 31.4 Å². The lowest BCUT2D eigenvalue weighted by Crippen LogP contribution is -2.58. The minimum absolute atomic E-state index is 0.0310. The number of sulfone groups is 1. The van der Waals surface area contributed by atoms with Crippen LogP contribution in [0.3, 0.4) is 0 Å². The second kappa shape index (κ2) is 5.61. The van der Waals surface area contributed by atoms with Crippen LogP contribution in [0.2, 0.25) is 0 Å². The molecular weight excluding hydrogens is 280 g/mol. The summed E-state index contributed by atoms with van der Waals surface area (Å²) in [7, 11) is -1.14. The molecule has 0 aromatic carbocycles. The molecular formula is C13H24N2O4S. The molecule has 2 rings (SSSR count). The first-order valence-electron chi connectivity index (χ1n) is 7.00. The molecule has 0 radical (unpaired) electrons. The summed E-state index contributed by atoms with van der Waals surface area (Å²) in [6, 6.07) is 0.0327. The van der Waals surface area contributed by atoms with Crippen LogP contribution in [0.5, 0.6) is 0 Å². The van der Waals surface area contributed by atoms with E-state index < -0.39 is 9.84 Å². The van der Waals surface area contributed by atoms with Crippen molar-refractivity contribution < 1.29 is 17.9 Å². The summed E-state index contributed by atoms with van der Waals surface area (Å²) < 4.78 is 28.5. The first-order chi connectivity index (χ1) is 9.21. The summed E-state index contributed by atoms with van der Waals surface area (Å²) in [5.41, 5.74) is -0.232. The number of hydrogen-bond acceptors (Lipinski definition) is 5. The van der Waals surface area contributed by atoms with Gasteiger partial charge < -0.3 is 9.64 Å². The molecule has 6 nitrogen and oxygen atoms in total. The summed E-state index contributed by atoms with van der Waals surface area (Å²) in [5.74, 6) is 0.225. The van der Waals surface area contributed by atoms with Gasteiger partial charge in [0.15, 0.2) is 0 Å². The summed E-state index contributed by atoms with van der Waals surface area (Å²) >= 11 is 0. The molecule has 1 atom stereocenters. The van der Waals surface area contributed by atoms with Crippen molar-refractivity contribution in [3.05, 3.63) is 0 Å². The van der Waals surface area contributed by atoms with Crippen LogP contribution in [0.15, 0.2) is 0 Å². The summed E-state index contributed by atoms with van der Waals surface area (Å²) in [6.07, 6.45) is 2.97. The van der Waals surface area contributed by atoms with Gasteiger partial charge in [0.1, 0.15) is 16.4 Å². The van der Waals surface area contributed by atoms with E-state index in [4.69, 9.17) is 4.74 Å². The zero-order chi connectivity index (χ0) is 15.0. The van der Waals surface area contributed by atoms with Crippen molar-refractivity contribution in [1.82, 2.24) is 9.80 Å². The number of morpholine rings is 1. The highest BCUT2D eigenvalue weighted by atomic mass is 32.2. The van der Waals surface area contributed by atoms with Crippen LogP contribution in [-0.4, -0.2) is 81.1 Å². The van der Waals surface area contributed by atoms with Gasteiger partial charge in [-0.05, 0) is 19.8 Å². The van der Waals surface area contributed by atoms with Crippen LogP contribution < -0.4 is 0 Å². The molecule has 2 aliphatic rings. The fraction of sp³-hybridized carbons (Fsp3) is 0.923. The van der Waals surface area contributed by atoms with E-state index in [1.807, 2.05) is 14.0 Å². The lowest BCUT2D eigenvalue weighted by molar-refractivity contribution is -0.169. The molecule has 0 N–H and O–H groups in total. The van der Waals surface area contributed by atoms with Crippen LogP contribution >= 0.6 is 0 Å². The van der Waals surface area contributed by atoms with E-state index in [1.165, 1.54) is 6.26 Å². The first-order valence-corrected chi connectivity index (χ1v) is 9.07. The molecule has 7 heteroatoms. The van der Waals surface area contributed by atoms with Crippen LogP contribution in [0.1, 0.15) is 19.8 Å². The molecule has 0 aromatic heterocycles. The van der Waals surface area contributed by atoms with Gasteiger partial charge in [-0.15, -0.1) is 0 Å². The average molecular weight is 304 g/mol. The van der Waals surface area contributed by atoms with Gasteiger partial charge >= 0.3 is 0 Å². The lowest BCUT2D eigenvalue weighted by Gasteiger charge is -2.47.